The number of halogens is 1. The molecule has 0 heterocycles. The minimum absolute atomic E-state index is 0.0439. The lowest BCUT2D eigenvalue weighted by Crippen LogP contribution is -2.21. The third-order valence-electron chi connectivity index (χ3n) is 2.93. The Morgan fingerprint density at radius 1 is 1.38 bits per heavy atom. The SMILES string of the molecule is C=C(C)C(C)C(C)Oc1ccc(F)c(C)c1. The second-order valence-electron chi connectivity index (χ2n) is 4.37. The van der Waals surface area contributed by atoms with E-state index in [1.54, 1.807) is 19.1 Å². The van der Waals surface area contributed by atoms with E-state index in [0.717, 1.165) is 5.57 Å². The first-order chi connectivity index (χ1) is 7.41. The maximum atomic E-state index is 13.1. The average Bonchev–Trinajstić information content (AvgIpc) is 2.22. The van der Waals surface area contributed by atoms with E-state index >= 15 is 0 Å². The summed E-state index contributed by atoms with van der Waals surface area (Å²) in [4.78, 5) is 0. The summed E-state index contributed by atoms with van der Waals surface area (Å²) in [5.41, 5.74) is 1.69. The van der Waals surface area contributed by atoms with Crippen molar-refractivity contribution in [3.8, 4) is 5.75 Å². The molecule has 0 bridgehead atoms. The molecule has 2 atom stereocenters. The van der Waals surface area contributed by atoms with Crippen molar-refractivity contribution in [3.05, 3.63) is 41.7 Å². The van der Waals surface area contributed by atoms with Crippen LogP contribution in [0.15, 0.2) is 30.4 Å². The van der Waals surface area contributed by atoms with Crippen LogP contribution in [0.2, 0.25) is 0 Å². The zero-order chi connectivity index (χ0) is 12.3. The van der Waals surface area contributed by atoms with Gasteiger partial charge in [-0.2, -0.15) is 0 Å². The molecule has 0 fully saturated rings. The smallest absolute Gasteiger partial charge is 0.126 e. The number of rotatable bonds is 4. The third kappa shape index (κ3) is 3.09. The molecule has 1 nitrogen and oxygen atoms in total. The van der Waals surface area contributed by atoms with Crippen molar-refractivity contribution < 1.29 is 9.13 Å². The van der Waals surface area contributed by atoms with Crippen molar-refractivity contribution >= 4 is 0 Å². The fraction of sp³-hybridized carbons (Fsp3) is 0.429. The normalized spacial score (nSPS) is 14.3. The molecule has 1 aromatic rings. The van der Waals surface area contributed by atoms with Crippen molar-refractivity contribution in [1.82, 2.24) is 0 Å². The summed E-state index contributed by atoms with van der Waals surface area (Å²) in [5.74, 6) is 0.790. The predicted molar refractivity (Wildman–Crippen MR) is 65.2 cm³/mol. The number of aryl methyl sites for hydroxylation is 1. The minimum Gasteiger partial charge on any atom is -0.490 e. The molecular formula is C14H19FO. The molecule has 0 aliphatic rings. The van der Waals surface area contributed by atoms with Gasteiger partial charge in [0.05, 0.1) is 0 Å². The van der Waals surface area contributed by atoms with Gasteiger partial charge in [0.15, 0.2) is 0 Å². The Morgan fingerprint density at radius 2 is 2.00 bits per heavy atom. The van der Waals surface area contributed by atoms with Gasteiger partial charge in [-0.3, -0.25) is 0 Å². The van der Waals surface area contributed by atoms with Crippen LogP contribution in [-0.4, -0.2) is 6.10 Å². The van der Waals surface area contributed by atoms with Crippen molar-refractivity contribution in [3.63, 3.8) is 0 Å². The molecule has 1 aromatic carbocycles. The largest absolute Gasteiger partial charge is 0.490 e. The van der Waals surface area contributed by atoms with Gasteiger partial charge in [0.2, 0.25) is 0 Å². The Bertz CT molecular complexity index is 384. The number of ether oxygens (including phenoxy) is 1. The molecule has 1 rings (SSSR count). The van der Waals surface area contributed by atoms with E-state index in [-0.39, 0.29) is 17.8 Å². The predicted octanol–water partition coefficient (Wildman–Crippen LogP) is 4.11. The zero-order valence-corrected chi connectivity index (χ0v) is 10.4. The monoisotopic (exact) mass is 222 g/mol. The third-order valence-corrected chi connectivity index (χ3v) is 2.93. The maximum Gasteiger partial charge on any atom is 0.126 e. The summed E-state index contributed by atoms with van der Waals surface area (Å²) < 4.78 is 18.8. The first-order valence-corrected chi connectivity index (χ1v) is 5.50. The first-order valence-electron chi connectivity index (χ1n) is 5.50. The number of benzene rings is 1. The highest BCUT2D eigenvalue weighted by Crippen LogP contribution is 2.21. The Balaban J connectivity index is 2.73. The zero-order valence-electron chi connectivity index (χ0n) is 10.4. The van der Waals surface area contributed by atoms with Crippen LogP contribution in [0, 0.1) is 18.7 Å². The van der Waals surface area contributed by atoms with Crippen molar-refractivity contribution in [2.24, 2.45) is 5.92 Å². The fourth-order valence-electron chi connectivity index (χ4n) is 1.41. The lowest BCUT2D eigenvalue weighted by atomic mass is 9.99. The minimum atomic E-state index is -0.201. The van der Waals surface area contributed by atoms with E-state index in [9.17, 15) is 4.39 Å². The second kappa shape index (κ2) is 5.15. The molecule has 2 unspecified atom stereocenters. The molecule has 0 saturated heterocycles. The van der Waals surface area contributed by atoms with E-state index < -0.39 is 0 Å². The lowest BCUT2D eigenvalue weighted by Gasteiger charge is -2.22. The van der Waals surface area contributed by atoms with Crippen LogP contribution in [0.3, 0.4) is 0 Å². The lowest BCUT2D eigenvalue weighted by molar-refractivity contribution is 0.178. The van der Waals surface area contributed by atoms with Crippen LogP contribution in [0.4, 0.5) is 4.39 Å². The van der Waals surface area contributed by atoms with Gasteiger partial charge >= 0.3 is 0 Å². The molecule has 16 heavy (non-hydrogen) atoms. The average molecular weight is 222 g/mol. The van der Waals surface area contributed by atoms with E-state index in [2.05, 4.69) is 13.5 Å². The van der Waals surface area contributed by atoms with Crippen molar-refractivity contribution in [2.75, 3.05) is 0 Å². The Hall–Kier alpha value is -1.31. The van der Waals surface area contributed by atoms with Crippen LogP contribution in [0.1, 0.15) is 26.3 Å². The Labute approximate surface area is 96.9 Å². The molecule has 0 radical (unpaired) electrons. The van der Waals surface area contributed by atoms with Gasteiger partial charge in [0.1, 0.15) is 17.7 Å². The summed E-state index contributed by atoms with van der Waals surface area (Å²) in [6.45, 7) is 11.7. The van der Waals surface area contributed by atoms with Crippen LogP contribution >= 0.6 is 0 Å². The van der Waals surface area contributed by atoms with Gasteiger partial charge in [-0.25, -0.2) is 4.39 Å². The summed E-state index contributed by atoms with van der Waals surface area (Å²) in [7, 11) is 0. The van der Waals surface area contributed by atoms with Crippen molar-refractivity contribution in [2.45, 2.75) is 33.8 Å². The summed E-state index contributed by atoms with van der Waals surface area (Å²) in [5, 5.41) is 0. The van der Waals surface area contributed by atoms with Gasteiger partial charge < -0.3 is 4.74 Å². The first kappa shape index (κ1) is 12.8. The highest BCUT2D eigenvalue weighted by Gasteiger charge is 2.14. The molecular weight excluding hydrogens is 203 g/mol. The number of hydrogen-bond acceptors (Lipinski definition) is 1. The summed E-state index contributed by atoms with van der Waals surface area (Å²) in [6.07, 6.45) is 0.0439. The van der Waals surface area contributed by atoms with Gasteiger partial charge in [0, 0.05) is 5.92 Å². The van der Waals surface area contributed by atoms with E-state index in [4.69, 9.17) is 4.74 Å². The molecule has 88 valence electrons. The quantitative estimate of drug-likeness (QED) is 0.696. The highest BCUT2D eigenvalue weighted by atomic mass is 19.1. The molecule has 0 N–H and O–H groups in total. The van der Waals surface area contributed by atoms with Gasteiger partial charge in [-0.1, -0.05) is 19.1 Å². The van der Waals surface area contributed by atoms with Crippen LogP contribution in [0.5, 0.6) is 5.75 Å². The molecule has 0 saturated carbocycles. The van der Waals surface area contributed by atoms with E-state index in [1.807, 2.05) is 13.8 Å². The van der Waals surface area contributed by atoms with Crippen molar-refractivity contribution in [1.29, 1.82) is 0 Å². The molecule has 0 amide bonds. The van der Waals surface area contributed by atoms with Crippen LogP contribution < -0.4 is 4.74 Å². The molecule has 0 aliphatic carbocycles. The number of hydrogen-bond donors (Lipinski definition) is 0. The highest BCUT2D eigenvalue weighted by molar-refractivity contribution is 5.29. The molecule has 0 aromatic heterocycles. The maximum absolute atomic E-state index is 13.1. The van der Waals surface area contributed by atoms with E-state index in [0.29, 0.717) is 11.3 Å². The van der Waals surface area contributed by atoms with Crippen LogP contribution in [0.25, 0.3) is 0 Å². The Kier molecular flexibility index (Phi) is 4.11. The topological polar surface area (TPSA) is 9.23 Å². The van der Waals surface area contributed by atoms with Gasteiger partial charge in [-0.05, 0) is 44.5 Å². The summed E-state index contributed by atoms with van der Waals surface area (Å²) >= 11 is 0. The van der Waals surface area contributed by atoms with E-state index in [1.165, 1.54) is 6.07 Å². The molecule has 0 aliphatic heterocycles. The Morgan fingerprint density at radius 3 is 2.50 bits per heavy atom. The van der Waals surface area contributed by atoms with Gasteiger partial charge in [0.25, 0.3) is 0 Å². The molecule has 2 heteroatoms. The second-order valence-corrected chi connectivity index (χ2v) is 4.37. The van der Waals surface area contributed by atoms with Crippen LogP contribution in [-0.2, 0) is 0 Å². The standard InChI is InChI=1S/C14H19FO/c1-9(2)11(4)12(5)16-13-6-7-14(15)10(3)8-13/h6-8,11-12H,1H2,2-5H3. The molecule has 0 spiro atoms. The summed E-state index contributed by atoms with van der Waals surface area (Å²) in [6, 6.07) is 4.81. The fourth-order valence-corrected chi connectivity index (χ4v) is 1.41. The van der Waals surface area contributed by atoms with Gasteiger partial charge in [-0.15, -0.1) is 0 Å².